The molecule has 0 aliphatic heterocycles. The van der Waals surface area contributed by atoms with Crippen molar-refractivity contribution in [2.24, 2.45) is 5.73 Å². The van der Waals surface area contributed by atoms with E-state index in [1.165, 1.54) is 0 Å². The smallest absolute Gasteiger partial charge is 0.161 e. The summed E-state index contributed by atoms with van der Waals surface area (Å²) in [6.45, 7) is 8.53. The number of nitrogens with zero attached hydrogens (tertiary/aromatic N) is 3. The van der Waals surface area contributed by atoms with Crippen LogP contribution in [-0.4, -0.2) is 41.4 Å². The van der Waals surface area contributed by atoms with Crippen molar-refractivity contribution in [3.63, 3.8) is 0 Å². The van der Waals surface area contributed by atoms with E-state index in [1.807, 2.05) is 4.68 Å². The first-order valence-corrected chi connectivity index (χ1v) is 6.84. The molecule has 2 N–H and O–H groups in total. The molecule has 0 amide bonds. The van der Waals surface area contributed by atoms with Crippen molar-refractivity contribution in [2.75, 3.05) is 21.2 Å². The van der Waals surface area contributed by atoms with Crippen molar-refractivity contribution >= 4 is 0 Å². The summed E-state index contributed by atoms with van der Waals surface area (Å²) in [5, 5.41) is 4.41. The summed E-state index contributed by atoms with van der Waals surface area (Å²) < 4.78 is 7.39. The second kappa shape index (κ2) is 5.92. The van der Waals surface area contributed by atoms with Gasteiger partial charge >= 0.3 is 0 Å². The van der Waals surface area contributed by atoms with Gasteiger partial charge in [-0.3, -0.25) is 4.68 Å². The molecule has 2 unspecified atom stereocenters. The number of aromatic nitrogens is 2. The molecule has 0 fully saturated rings. The Labute approximate surface area is 116 Å². The van der Waals surface area contributed by atoms with E-state index in [-0.39, 0.29) is 17.6 Å². The van der Waals surface area contributed by atoms with Crippen LogP contribution in [0.2, 0.25) is 0 Å². The number of ether oxygens (including phenoxy) is 1. The number of likely N-dealkylation sites (N-methyl/N-ethyl adjacent to an activating group) is 1. The van der Waals surface area contributed by atoms with Gasteiger partial charge in [0.1, 0.15) is 0 Å². The van der Waals surface area contributed by atoms with Crippen LogP contribution >= 0.6 is 0 Å². The van der Waals surface area contributed by atoms with E-state index in [0.29, 0.717) is 0 Å². The van der Waals surface area contributed by atoms with Gasteiger partial charge in [-0.05, 0) is 41.3 Å². The van der Waals surface area contributed by atoms with Gasteiger partial charge in [-0.2, -0.15) is 5.10 Å². The van der Waals surface area contributed by atoms with E-state index >= 15 is 0 Å². The van der Waals surface area contributed by atoms with Gasteiger partial charge in [0.05, 0.1) is 25.0 Å². The minimum atomic E-state index is -0.160. The van der Waals surface area contributed by atoms with Crippen molar-refractivity contribution in [2.45, 2.75) is 51.7 Å². The molecule has 0 saturated carbocycles. The van der Waals surface area contributed by atoms with Crippen molar-refractivity contribution in [3.8, 4) is 5.75 Å². The molecule has 110 valence electrons. The Hall–Kier alpha value is -1.07. The Morgan fingerprint density at radius 2 is 2.05 bits per heavy atom. The van der Waals surface area contributed by atoms with Crippen LogP contribution < -0.4 is 10.5 Å². The number of hydrogen-bond donors (Lipinski definition) is 1. The summed E-state index contributed by atoms with van der Waals surface area (Å²) in [5.41, 5.74) is 7.39. The number of nitrogens with two attached hydrogens (primary N) is 1. The minimum Gasteiger partial charge on any atom is -0.493 e. The van der Waals surface area contributed by atoms with Gasteiger partial charge in [0.25, 0.3) is 0 Å². The van der Waals surface area contributed by atoms with Crippen LogP contribution in [0.15, 0.2) is 6.20 Å². The van der Waals surface area contributed by atoms with Gasteiger partial charge in [-0.1, -0.05) is 6.92 Å². The highest BCUT2D eigenvalue weighted by Gasteiger charge is 2.37. The van der Waals surface area contributed by atoms with E-state index in [0.717, 1.165) is 17.9 Å². The monoisotopic (exact) mass is 268 g/mol. The number of methoxy groups -OCH3 is 1. The molecule has 0 bridgehead atoms. The van der Waals surface area contributed by atoms with Crippen molar-refractivity contribution in [1.82, 2.24) is 14.7 Å². The molecule has 1 heterocycles. The molecule has 2 atom stereocenters. The molecular weight excluding hydrogens is 240 g/mol. The Kier molecular flexibility index (Phi) is 4.98. The molecule has 5 nitrogen and oxygen atoms in total. The summed E-state index contributed by atoms with van der Waals surface area (Å²) in [4.78, 5) is 2.18. The van der Waals surface area contributed by atoms with Gasteiger partial charge in [0.15, 0.2) is 5.75 Å². The van der Waals surface area contributed by atoms with Gasteiger partial charge in [0.2, 0.25) is 0 Å². The van der Waals surface area contributed by atoms with Crippen molar-refractivity contribution < 1.29 is 4.74 Å². The lowest BCUT2D eigenvalue weighted by Crippen LogP contribution is -2.50. The highest BCUT2D eigenvalue weighted by molar-refractivity contribution is 5.31. The minimum absolute atomic E-state index is 0.139. The fourth-order valence-electron chi connectivity index (χ4n) is 2.33. The zero-order valence-corrected chi connectivity index (χ0v) is 13.3. The lowest BCUT2D eigenvalue weighted by Gasteiger charge is -2.41. The predicted molar refractivity (Wildman–Crippen MR) is 78.5 cm³/mol. The zero-order chi connectivity index (χ0) is 14.8. The quantitative estimate of drug-likeness (QED) is 0.859. The summed E-state index contributed by atoms with van der Waals surface area (Å²) in [7, 11) is 5.79. The van der Waals surface area contributed by atoms with Crippen LogP contribution in [0, 0.1) is 0 Å². The Balaban J connectivity index is 3.31. The normalized spacial score (nSPS) is 16.7. The SMILES string of the molecule is CCC(C)(C(N)c1c(OC)cnn1C(C)C)N(C)C. The summed E-state index contributed by atoms with van der Waals surface area (Å²) in [6, 6.07) is 0.0977. The molecule has 0 saturated heterocycles. The molecule has 0 aromatic carbocycles. The second-order valence-corrected chi connectivity index (χ2v) is 5.72. The summed E-state index contributed by atoms with van der Waals surface area (Å²) >= 11 is 0. The molecule has 1 aromatic rings. The van der Waals surface area contributed by atoms with Crippen LogP contribution in [0.3, 0.4) is 0 Å². The average Bonchev–Trinajstić information content (AvgIpc) is 2.80. The summed E-state index contributed by atoms with van der Waals surface area (Å²) in [5.74, 6) is 0.766. The molecule has 19 heavy (non-hydrogen) atoms. The van der Waals surface area contributed by atoms with Crippen LogP contribution in [0.4, 0.5) is 0 Å². The highest BCUT2D eigenvalue weighted by Crippen LogP contribution is 2.36. The maximum absolute atomic E-state index is 6.56. The van der Waals surface area contributed by atoms with Crippen LogP contribution in [0.1, 0.15) is 51.9 Å². The van der Waals surface area contributed by atoms with E-state index in [2.05, 4.69) is 51.8 Å². The first-order chi connectivity index (χ1) is 8.79. The molecular formula is C14H28N4O. The largest absolute Gasteiger partial charge is 0.493 e. The Bertz CT molecular complexity index is 414. The molecule has 0 aliphatic rings. The van der Waals surface area contributed by atoms with E-state index in [1.54, 1.807) is 13.3 Å². The molecule has 1 rings (SSSR count). The van der Waals surface area contributed by atoms with Gasteiger partial charge in [-0.15, -0.1) is 0 Å². The fourth-order valence-corrected chi connectivity index (χ4v) is 2.33. The number of hydrogen-bond acceptors (Lipinski definition) is 4. The van der Waals surface area contributed by atoms with Crippen LogP contribution in [0.5, 0.6) is 5.75 Å². The standard InChI is InChI=1S/C14H28N4O/c1-8-14(4,17(5)6)13(15)12-11(19-7)9-16-18(12)10(2)3/h9-10,13H,8,15H2,1-7H3. The van der Waals surface area contributed by atoms with Crippen molar-refractivity contribution in [1.29, 1.82) is 0 Å². The Morgan fingerprint density at radius 1 is 1.47 bits per heavy atom. The molecule has 0 aliphatic carbocycles. The van der Waals surface area contributed by atoms with E-state index in [4.69, 9.17) is 10.5 Å². The molecule has 0 radical (unpaired) electrons. The molecule has 5 heteroatoms. The summed E-state index contributed by atoms with van der Waals surface area (Å²) in [6.07, 6.45) is 2.70. The fraction of sp³-hybridized carbons (Fsp3) is 0.786. The highest BCUT2D eigenvalue weighted by atomic mass is 16.5. The van der Waals surface area contributed by atoms with E-state index < -0.39 is 0 Å². The topological polar surface area (TPSA) is 56.3 Å². The maximum Gasteiger partial charge on any atom is 0.161 e. The third kappa shape index (κ3) is 2.77. The third-order valence-electron chi connectivity index (χ3n) is 4.21. The lowest BCUT2D eigenvalue weighted by atomic mass is 9.86. The van der Waals surface area contributed by atoms with Crippen LogP contribution in [0.25, 0.3) is 0 Å². The second-order valence-electron chi connectivity index (χ2n) is 5.72. The first kappa shape index (κ1) is 16.0. The van der Waals surface area contributed by atoms with Crippen molar-refractivity contribution in [3.05, 3.63) is 11.9 Å². The van der Waals surface area contributed by atoms with E-state index in [9.17, 15) is 0 Å². The van der Waals surface area contributed by atoms with Crippen LogP contribution in [-0.2, 0) is 0 Å². The maximum atomic E-state index is 6.56. The van der Waals surface area contributed by atoms with Gasteiger partial charge in [-0.25, -0.2) is 0 Å². The van der Waals surface area contributed by atoms with Gasteiger partial charge < -0.3 is 15.4 Å². The third-order valence-corrected chi connectivity index (χ3v) is 4.21. The Morgan fingerprint density at radius 3 is 2.42 bits per heavy atom. The first-order valence-electron chi connectivity index (χ1n) is 6.84. The average molecular weight is 268 g/mol. The number of rotatable bonds is 6. The molecule has 1 aromatic heterocycles. The van der Waals surface area contributed by atoms with Gasteiger partial charge in [0, 0.05) is 11.6 Å². The zero-order valence-electron chi connectivity index (χ0n) is 13.3. The molecule has 0 spiro atoms. The lowest BCUT2D eigenvalue weighted by molar-refractivity contribution is 0.125. The predicted octanol–water partition coefficient (Wildman–Crippen LogP) is 2.20.